The quantitative estimate of drug-likeness (QED) is 0.749. The summed E-state index contributed by atoms with van der Waals surface area (Å²) in [5.41, 5.74) is 6.79. The van der Waals surface area contributed by atoms with Crippen LogP contribution in [0.25, 0.3) is 0 Å². The summed E-state index contributed by atoms with van der Waals surface area (Å²) in [7, 11) is 0. The van der Waals surface area contributed by atoms with Crippen LogP contribution in [0.4, 0.5) is 0 Å². The Hall–Kier alpha value is -1.06. The van der Waals surface area contributed by atoms with Crippen molar-refractivity contribution >= 4 is 18.3 Å². The molecule has 1 rings (SSSR count). The van der Waals surface area contributed by atoms with Gasteiger partial charge in [0, 0.05) is 19.5 Å². The Morgan fingerprint density at radius 1 is 1.23 bits per heavy atom. The van der Waals surface area contributed by atoms with Crippen molar-refractivity contribution in [2.45, 2.75) is 46.6 Å². The van der Waals surface area contributed by atoms with Gasteiger partial charge in [-0.3, -0.25) is 4.79 Å². The van der Waals surface area contributed by atoms with Crippen molar-refractivity contribution in [1.82, 2.24) is 4.90 Å². The van der Waals surface area contributed by atoms with Crippen LogP contribution >= 0.6 is 12.4 Å². The predicted molar refractivity (Wildman–Crippen MR) is 96.0 cm³/mol. The molecule has 0 aliphatic heterocycles. The van der Waals surface area contributed by atoms with E-state index < -0.39 is 0 Å². The van der Waals surface area contributed by atoms with Crippen LogP contribution in [0, 0.1) is 11.8 Å². The van der Waals surface area contributed by atoms with Crippen molar-refractivity contribution in [3.63, 3.8) is 0 Å². The summed E-state index contributed by atoms with van der Waals surface area (Å²) in [5.74, 6) is 1.27. The first-order valence-electron chi connectivity index (χ1n) is 8.10. The van der Waals surface area contributed by atoms with Gasteiger partial charge in [0.1, 0.15) is 0 Å². The summed E-state index contributed by atoms with van der Waals surface area (Å²) in [5, 5.41) is 0. The first kappa shape index (κ1) is 20.9. The van der Waals surface area contributed by atoms with Gasteiger partial charge < -0.3 is 10.6 Å². The van der Waals surface area contributed by atoms with Crippen molar-refractivity contribution in [3.05, 3.63) is 35.9 Å². The second-order valence-corrected chi connectivity index (χ2v) is 6.06. The molecule has 0 heterocycles. The molecule has 0 aliphatic carbocycles. The number of benzene rings is 1. The summed E-state index contributed by atoms with van der Waals surface area (Å²) >= 11 is 0. The molecule has 126 valence electrons. The molecule has 1 atom stereocenters. The zero-order valence-corrected chi connectivity index (χ0v) is 14.9. The molecule has 1 aromatic rings. The van der Waals surface area contributed by atoms with Crippen LogP contribution in [0.15, 0.2) is 30.3 Å². The van der Waals surface area contributed by atoms with E-state index >= 15 is 0 Å². The molecule has 0 aliphatic rings. The lowest BCUT2D eigenvalue weighted by Gasteiger charge is -2.26. The number of carbonyl (C=O) groups is 1. The second-order valence-electron chi connectivity index (χ2n) is 6.06. The minimum atomic E-state index is 0. The topological polar surface area (TPSA) is 46.3 Å². The van der Waals surface area contributed by atoms with Crippen LogP contribution < -0.4 is 5.73 Å². The van der Waals surface area contributed by atoms with Gasteiger partial charge in [0.2, 0.25) is 5.91 Å². The normalized spacial score (nSPS) is 11.9. The van der Waals surface area contributed by atoms with E-state index in [0.717, 1.165) is 19.4 Å². The van der Waals surface area contributed by atoms with Gasteiger partial charge in [0.05, 0.1) is 0 Å². The van der Waals surface area contributed by atoms with Crippen LogP contribution in [0.2, 0.25) is 0 Å². The molecule has 1 unspecified atom stereocenters. The fraction of sp³-hybridized carbons (Fsp3) is 0.611. The van der Waals surface area contributed by atoms with E-state index in [2.05, 4.69) is 32.9 Å². The molecule has 2 N–H and O–H groups in total. The van der Waals surface area contributed by atoms with E-state index in [4.69, 9.17) is 5.73 Å². The monoisotopic (exact) mass is 326 g/mol. The molecule has 3 nitrogen and oxygen atoms in total. The zero-order valence-electron chi connectivity index (χ0n) is 14.1. The average molecular weight is 327 g/mol. The van der Waals surface area contributed by atoms with Crippen LogP contribution in [0.1, 0.15) is 45.6 Å². The second kappa shape index (κ2) is 11.5. The predicted octanol–water partition coefficient (Wildman–Crippen LogP) is 3.86. The van der Waals surface area contributed by atoms with Gasteiger partial charge in [0.15, 0.2) is 0 Å². The summed E-state index contributed by atoms with van der Waals surface area (Å²) < 4.78 is 0. The molecule has 22 heavy (non-hydrogen) atoms. The molecule has 0 fully saturated rings. The third kappa shape index (κ3) is 7.28. The molecule has 0 saturated carbocycles. The lowest BCUT2D eigenvalue weighted by molar-refractivity contribution is -0.133. The fourth-order valence-corrected chi connectivity index (χ4v) is 2.58. The van der Waals surface area contributed by atoms with Crippen molar-refractivity contribution in [3.8, 4) is 0 Å². The number of amides is 1. The highest BCUT2D eigenvalue weighted by Crippen LogP contribution is 2.20. The molecule has 4 heteroatoms. The van der Waals surface area contributed by atoms with Gasteiger partial charge in [-0.15, -0.1) is 12.4 Å². The SMILES string of the molecule is CCC(CC(=O)N(CCCN)Cc1ccccc1)C(C)C.Cl. The molecule has 0 aromatic heterocycles. The molecular weight excluding hydrogens is 296 g/mol. The fourth-order valence-electron chi connectivity index (χ4n) is 2.58. The first-order valence-corrected chi connectivity index (χ1v) is 8.10. The van der Waals surface area contributed by atoms with Crippen LogP contribution in [0.5, 0.6) is 0 Å². The maximum absolute atomic E-state index is 12.6. The van der Waals surface area contributed by atoms with E-state index in [1.54, 1.807) is 0 Å². The molecule has 0 spiro atoms. The Morgan fingerprint density at radius 2 is 1.86 bits per heavy atom. The van der Waals surface area contributed by atoms with Crippen molar-refractivity contribution in [2.75, 3.05) is 13.1 Å². The highest BCUT2D eigenvalue weighted by molar-refractivity contribution is 5.85. The molecule has 1 amide bonds. The van der Waals surface area contributed by atoms with Crippen molar-refractivity contribution < 1.29 is 4.79 Å². The smallest absolute Gasteiger partial charge is 0.223 e. The third-order valence-electron chi connectivity index (χ3n) is 4.11. The van der Waals surface area contributed by atoms with Gasteiger partial charge in [-0.05, 0) is 30.4 Å². The molecule has 0 radical (unpaired) electrons. The Labute approximate surface area is 141 Å². The molecule has 1 aromatic carbocycles. The van der Waals surface area contributed by atoms with E-state index in [-0.39, 0.29) is 18.3 Å². The lowest BCUT2D eigenvalue weighted by atomic mass is 9.89. The summed E-state index contributed by atoms with van der Waals surface area (Å²) in [4.78, 5) is 14.6. The Bertz CT molecular complexity index is 409. The summed E-state index contributed by atoms with van der Waals surface area (Å²) in [6.45, 7) is 8.62. The number of hydrogen-bond donors (Lipinski definition) is 1. The highest BCUT2D eigenvalue weighted by Gasteiger charge is 2.20. The zero-order chi connectivity index (χ0) is 15.7. The number of rotatable bonds is 9. The Morgan fingerprint density at radius 3 is 2.36 bits per heavy atom. The maximum atomic E-state index is 12.6. The third-order valence-corrected chi connectivity index (χ3v) is 4.11. The minimum Gasteiger partial charge on any atom is -0.338 e. The highest BCUT2D eigenvalue weighted by atomic mass is 35.5. The van der Waals surface area contributed by atoms with Gasteiger partial charge in [0.25, 0.3) is 0 Å². The minimum absolute atomic E-state index is 0. The van der Waals surface area contributed by atoms with Gasteiger partial charge in [-0.2, -0.15) is 0 Å². The van der Waals surface area contributed by atoms with E-state index in [1.165, 1.54) is 5.56 Å². The number of nitrogens with zero attached hydrogens (tertiary/aromatic N) is 1. The van der Waals surface area contributed by atoms with Crippen LogP contribution in [0.3, 0.4) is 0 Å². The standard InChI is InChI=1S/C18H30N2O.ClH/c1-4-17(15(2)3)13-18(21)20(12-8-11-19)14-16-9-6-5-7-10-16;/h5-7,9-10,15,17H,4,8,11-14,19H2,1-3H3;1H. The molecular formula is C18H31ClN2O. The molecule has 0 bridgehead atoms. The van der Waals surface area contributed by atoms with Crippen molar-refractivity contribution in [1.29, 1.82) is 0 Å². The Balaban J connectivity index is 0.00000441. The van der Waals surface area contributed by atoms with E-state index in [9.17, 15) is 4.79 Å². The first-order chi connectivity index (χ1) is 10.1. The van der Waals surface area contributed by atoms with Gasteiger partial charge in [-0.25, -0.2) is 0 Å². The number of halogens is 1. The van der Waals surface area contributed by atoms with Crippen LogP contribution in [-0.4, -0.2) is 23.9 Å². The van der Waals surface area contributed by atoms with Crippen molar-refractivity contribution in [2.24, 2.45) is 17.6 Å². The maximum Gasteiger partial charge on any atom is 0.223 e. The summed E-state index contributed by atoms with van der Waals surface area (Å²) in [6.07, 6.45) is 2.56. The molecule has 0 saturated heterocycles. The largest absolute Gasteiger partial charge is 0.338 e. The number of nitrogens with two attached hydrogens (primary N) is 1. The van der Waals surface area contributed by atoms with E-state index in [0.29, 0.717) is 31.3 Å². The van der Waals surface area contributed by atoms with Gasteiger partial charge in [-0.1, -0.05) is 57.5 Å². The van der Waals surface area contributed by atoms with Gasteiger partial charge >= 0.3 is 0 Å². The average Bonchev–Trinajstić information content (AvgIpc) is 2.49. The number of carbonyl (C=O) groups excluding carboxylic acids is 1. The summed E-state index contributed by atoms with van der Waals surface area (Å²) in [6, 6.07) is 10.2. The van der Waals surface area contributed by atoms with E-state index in [1.807, 2.05) is 23.1 Å². The number of hydrogen-bond acceptors (Lipinski definition) is 2. The van der Waals surface area contributed by atoms with Crippen LogP contribution in [-0.2, 0) is 11.3 Å². The Kier molecular flexibility index (Phi) is 10.9. The lowest BCUT2D eigenvalue weighted by Crippen LogP contribution is -2.34.